The van der Waals surface area contributed by atoms with Crippen molar-refractivity contribution in [2.75, 3.05) is 6.61 Å². The van der Waals surface area contributed by atoms with Crippen molar-refractivity contribution in [3.05, 3.63) is 24.3 Å². The van der Waals surface area contributed by atoms with Crippen molar-refractivity contribution in [1.29, 1.82) is 0 Å². The molecule has 18 heavy (non-hydrogen) atoms. The number of fused-ring (bicyclic) bond motifs is 1. The fourth-order valence-corrected chi connectivity index (χ4v) is 4.54. The van der Waals surface area contributed by atoms with Crippen LogP contribution >= 0.6 is 0 Å². The molecule has 0 unspecified atom stereocenters. The van der Waals surface area contributed by atoms with Crippen molar-refractivity contribution in [2.24, 2.45) is 10.8 Å². The molecule has 1 saturated heterocycles. The lowest BCUT2D eigenvalue weighted by molar-refractivity contribution is -0.204. The van der Waals surface area contributed by atoms with Crippen molar-refractivity contribution in [3.63, 3.8) is 0 Å². The van der Waals surface area contributed by atoms with Crippen LogP contribution in [-0.2, 0) is 4.74 Å². The van der Waals surface area contributed by atoms with Gasteiger partial charge in [-0.25, -0.2) is 0 Å². The van der Waals surface area contributed by atoms with Crippen molar-refractivity contribution >= 4 is 0 Å². The summed E-state index contributed by atoms with van der Waals surface area (Å²) >= 11 is 0. The second-order valence-corrected chi connectivity index (χ2v) is 6.67. The molecule has 0 aromatic rings. The number of aliphatic hydroxyl groups is 1. The molecule has 0 spiro atoms. The second-order valence-electron chi connectivity index (χ2n) is 6.67. The summed E-state index contributed by atoms with van der Waals surface area (Å²) in [5, 5.41) is 10.8. The van der Waals surface area contributed by atoms with Gasteiger partial charge in [0.1, 0.15) is 0 Å². The van der Waals surface area contributed by atoms with E-state index in [-0.39, 0.29) is 16.9 Å². The maximum absolute atomic E-state index is 10.8. The zero-order valence-corrected chi connectivity index (χ0v) is 11.5. The Balaban J connectivity index is 2.02. The highest BCUT2D eigenvalue weighted by atomic mass is 16.5. The maximum Gasteiger partial charge on any atom is 0.0885 e. The zero-order valence-electron chi connectivity index (χ0n) is 11.5. The summed E-state index contributed by atoms with van der Waals surface area (Å²) in [6, 6.07) is 0. The van der Waals surface area contributed by atoms with E-state index in [1.165, 1.54) is 5.57 Å². The normalized spacial score (nSPS) is 51.3. The summed E-state index contributed by atoms with van der Waals surface area (Å²) in [6.07, 6.45) is 9.56. The molecule has 1 heterocycles. The van der Waals surface area contributed by atoms with E-state index in [1.54, 1.807) is 6.08 Å². The van der Waals surface area contributed by atoms with Crippen LogP contribution in [0.1, 0.15) is 46.0 Å². The molecule has 4 atom stereocenters. The van der Waals surface area contributed by atoms with E-state index in [9.17, 15) is 5.11 Å². The predicted octanol–water partition coefficient (Wildman–Crippen LogP) is 3.22. The summed E-state index contributed by atoms with van der Waals surface area (Å²) in [5.41, 5.74) is 0.786. The van der Waals surface area contributed by atoms with Crippen LogP contribution in [0.15, 0.2) is 24.3 Å². The van der Waals surface area contributed by atoms with Crippen molar-refractivity contribution in [3.8, 4) is 0 Å². The van der Waals surface area contributed by atoms with E-state index >= 15 is 0 Å². The quantitative estimate of drug-likeness (QED) is 0.760. The highest BCUT2D eigenvalue weighted by Gasteiger charge is 2.67. The molecule has 0 bridgehead atoms. The molecule has 1 saturated carbocycles. The minimum absolute atomic E-state index is 0.0693. The van der Waals surface area contributed by atoms with Crippen LogP contribution < -0.4 is 0 Å². The van der Waals surface area contributed by atoms with Gasteiger partial charge >= 0.3 is 0 Å². The monoisotopic (exact) mass is 248 g/mol. The summed E-state index contributed by atoms with van der Waals surface area (Å²) in [7, 11) is 0. The Labute approximate surface area is 110 Å². The van der Waals surface area contributed by atoms with Crippen LogP contribution in [0.5, 0.6) is 0 Å². The van der Waals surface area contributed by atoms with E-state index in [1.807, 2.05) is 0 Å². The summed E-state index contributed by atoms with van der Waals surface area (Å²) in [5.74, 6) is 0. The third-order valence-corrected chi connectivity index (χ3v) is 6.19. The third-order valence-electron chi connectivity index (χ3n) is 6.19. The maximum atomic E-state index is 10.8. The molecule has 0 aromatic heterocycles. The van der Waals surface area contributed by atoms with Gasteiger partial charge in [-0.05, 0) is 39.0 Å². The van der Waals surface area contributed by atoms with Gasteiger partial charge in [-0.2, -0.15) is 0 Å². The number of ether oxygens (including phenoxy) is 1. The molecule has 0 aromatic carbocycles. The Bertz CT molecular complexity index is 413. The van der Waals surface area contributed by atoms with Gasteiger partial charge in [0.05, 0.1) is 11.7 Å². The van der Waals surface area contributed by atoms with Gasteiger partial charge in [0.15, 0.2) is 0 Å². The van der Waals surface area contributed by atoms with Crippen LogP contribution in [0.2, 0.25) is 0 Å². The van der Waals surface area contributed by atoms with Crippen molar-refractivity contribution in [1.82, 2.24) is 0 Å². The van der Waals surface area contributed by atoms with Crippen LogP contribution in [-0.4, -0.2) is 23.4 Å². The van der Waals surface area contributed by atoms with Crippen molar-refractivity contribution in [2.45, 2.75) is 57.7 Å². The van der Waals surface area contributed by atoms with Gasteiger partial charge in [0, 0.05) is 17.4 Å². The lowest BCUT2D eigenvalue weighted by atomic mass is 9.42. The summed E-state index contributed by atoms with van der Waals surface area (Å²) < 4.78 is 5.97. The lowest BCUT2D eigenvalue weighted by Crippen LogP contribution is -2.65. The van der Waals surface area contributed by atoms with Crippen LogP contribution in [0.4, 0.5) is 0 Å². The van der Waals surface area contributed by atoms with E-state index in [0.717, 1.165) is 38.7 Å². The van der Waals surface area contributed by atoms with E-state index in [0.29, 0.717) is 0 Å². The molecular formula is C16H24O2. The Morgan fingerprint density at radius 3 is 2.78 bits per heavy atom. The Hall–Kier alpha value is -0.600. The average molecular weight is 248 g/mol. The van der Waals surface area contributed by atoms with Gasteiger partial charge < -0.3 is 9.84 Å². The standard InChI is InChI=1S/C16H24O2/c1-4-16(17)8-7-14(16,3)15-6-5-12(2)11-13(15)18-10-9-15/h4,11,13,17H,1,5-10H2,2-3H3/t13-,14+,15+,16+/m0/s1. The minimum Gasteiger partial charge on any atom is -0.385 e. The molecule has 1 aliphatic heterocycles. The molecule has 2 nitrogen and oxygen atoms in total. The first-order chi connectivity index (χ1) is 8.47. The van der Waals surface area contributed by atoms with Crippen molar-refractivity contribution < 1.29 is 9.84 Å². The molecule has 2 aliphatic carbocycles. The fraction of sp³-hybridized carbons (Fsp3) is 0.750. The highest BCUT2D eigenvalue weighted by molar-refractivity contribution is 5.27. The first-order valence-corrected chi connectivity index (χ1v) is 7.12. The van der Waals surface area contributed by atoms with Gasteiger partial charge in [-0.3, -0.25) is 0 Å². The average Bonchev–Trinajstić information content (AvgIpc) is 2.79. The molecule has 0 amide bonds. The molecule has 0 radical (unpaired) electrons. The third kappa shape index (κ3) is 1.26. The molecule has 2 heteroatoms. The molecule has 3 aliphatic rings. The summed E-state index contributed by atoms with van der Waals surface area (Å²) in [4.78, 5) is 0. The fourth-order valence-electron chi connectivity index (χ4n) is 4.54. The number of rotatable bonds is 2. The Morgan fingerprint density at radius 1 is 1.39 bits per heavy atom. The molecular weight excluding hydrogens is 224 g/mol. The highest BCUT2D eigenvalue weighted by Crippen LogP contribution is 2.67. The van der Waals surface area contributed by atoms with E-state index in [4.69, 9.17) is 4.74 Å². The Kier molecular flexibility index (Phi) is 2.56. The van der Waals surface area contributed by atoms with Crippen LogP contribution in [0.3, 0.4) is 0 Å². The number of hydrogen-bond acceptors (Lipinski definition) is 2. The molecule has 1 N–H and O–H groups in total. The number of allylic oxidation sites excluding steroid dienone is 1. The molecule has 100 valence electrons. The Morgan fingerprint density at radius 2 is 2.17 bits per heavy atom. The zero-order chi connectivity index (χ0) is 13.0. The second kappa shape index (κ2) is 3.71. The van der Waals surface area contributed by atoms with Gasteiger partial charge in [-0.1, -0.05) is 24.6 Å². The first-order valence-electron chi connectivity index (χ1n) is 7.12. The van der Waals surface area contributed by atoms with Gasteiger partial charge in [-0.15, -0.1) is 6.58 Å². The lowest BCUT2D eigenvalue weighted by Gasteiger charge is -2.63. The van der Waals surface area contributed by atoms with E-state index in [2.05, 4.69) is 26.5 Å². The van der Waals surface area contributed by atoms with Crippen LogP contribution in [0, 0.1) is 10.8 Å². The minimum atomic E-state index is -0.696. The molecule has 3 rings (SSSR count). The number of hydrogen-bond donors (Lipinski definition) is 1. The van der Waals surface area contributed by atoms with Gasteiger partial charge in [0.2, 0.25) is 0 Å². The predicted molar refractivity (Wildman–Crippen MR) is 72.3 cm³/mol. The summed E-state index contributed by atoms with van der Waals surface area (Å²) in [6.45, 7) is 9.13. The largest absolute Gasteiger partial charge is 0.385 e. The SMILES string of the molecule is C=C[C@@]1(O)CC[C@]1(C)[C@]12CCO[C@H]1C=C(C)CC2. The van der Waals surface area contributed by atoms with Crippen LogP contribution in [0.25, 0.3) is 0 Å². The first kappa shape index (κ1) is 12.4. The molecule has 2 fully saturated rings. The topological polar surface area (TPSA) is 29.5 Å². The smallest absolute Gasteiger partial charge is 0.0885 e. The van der Waals surface area contributed by atoms with E-state index < -0.39 is 5.60 Å². The van der Waals surface area contributed by atoms with Gasteiger partial charge in [0.25, 0.3) is 0 Å².